The Hall–Kier alpha value is -1.95. The SMILES string of the molecule is CCOC(CCNC(=NC)Nc1ccc(OC)c(OC)c1)C(C)C. The molecule has 24 heavy (non-hydrogen) atoms. The fourth-order valence-corrected chi connectivity index (χ4v) is 2.39. The van der Waals surface area contributed by atoms with Gasteiger partial charge in [0.1, 0.15) is 0 Å². The number of rotatable bonds is 9. The minimum atomic E-state index is 0.252. The second-order valence-corrected chi connectivity index (χ2v) is 5.72. The first-order valence-electron chi connectivity index (χ1n) is 8.36. The van der Waals surface area contributed by atoms with Crippen LogP contribution in [0.1, 0.15) is 27.2 Å². The Morgan fingerprint density at radius 2 is 1.88 bits per heavy atom. The molecule has 0 aliphatic carbocycles. The maximum atomic E-state index is 5.76. The maximum absolute atomic E-state index is 5.76. The molecule has 0 saturated carbocycles. The lowest BCUT2D eigenvalue weighted by molar-refractivity contribution is 0.0258. The number of nitrogens with one attached hydrogen (secondary N) is 2. The molecule has 0 saturated heterocycles. The Kier molecular flexibility index (Phi) is 9.01. The number of ether oxygens (including phenoxy) is 3. The van der Waals surface area contributed by atoms with Crippen LogP contribution in [0.15, 0.2) is 23.2 Å². The highest BCUT2D eigenvalue weighted by Crippen LogP contribution is 2.29. The zero-order chi connectivity index (χ0) is 17.9. The molecule has 1 rings (SSSR count). The minimum Gasteiger partial charge on any atom is -0.493 e. The summed E-state index contributed by atoms with van der Waals surface area (Å²) in [5, 5.41) is 6.57. The molecule has 0 aliphatic rings. The summed E-state index contributed by atoms with van der Waals surface area (Å²) >= 11 is 0. The molecule has 6 nitrogen and oxygen atoms in total. The topological polar surface area (TPSA) is 64.1 Å². The predicted octanol–water partition coefficient (Wildman–Crippen LogP) is 3.14. The van der Waals surface area contributed by atoms with Crippen LogP contribution in [-0.4, -0.2) is 46.5 Å². The summed E-state index contributed by atoms with van der Waals surface area (Å²) in [7, 11) is 4.99. The van der Waals surface area contributed by atoms with Crippen molar-refractivity contribution >= 4 is 11.6 Å². The number of hydrogen-bond acceptors (Lipinski definition) is 4. The molecule has 1 unspecified atom stereocenters. The zero-order valence-electron chi connectivity index (χ0n) is 15.7. The van der Waals surface area contributed by atoms with E-state index in [0.29, 0.717) is 23.4 Å². The van der Waals surface area contributed by atoms with Crippen LogP contribution in [0.5, 0.6) is 11.5 Å². The monoisotopic (exact) mass is 337 g/mol. The third-order valence-electron chi connectivity index (χ3n) is 3.72. The number of benzene rings is 1. The van der Waals surface area contributed by atoms with Gasteiger partial charge in [-0.1, -0.05) is 13.8 Å². The second-order valence-electron chi connectivity index (χ2n) is 5.72. The van der Waals surface area contributed by atoms with Crippen molar-refractivity contribution in [1.29, 1.82) is 0 Å². The molecule has 0 amide bonds. The van der Waals surface area contributed by atoms with Gasteiger partial charge in [0.25, 0.3) is 0 Å². The van der Waals surface area contributed by atoms with Crippen molar-refractivity contribution in [3.05, 3.63) is 18.2 Å². The molecule has 0 bridgehead atoms. The number of guanidine groups is 1. The highest BCUT2D eigenvalue weighted by Gasteiger charge is 2.13. The molecule has 136 valence electrons. The summed E-state index contributed by atoms with van der Waals surface area (Å²) < 4.78 is 16.3. The molecule has 1 aromatic rings. The highest BCUT2D eigenvalue weighted by molar-refractivity contribution is 5.93. The molecule has 1 atom stereocenters. The van der Waals surface area contributed by atoms with Crippen molar-refractivity contribution in [2.75, 3.05) is 39.7 Å². The van der Waals surface area contributed by atoms with E-state index in [2.05, 4.69) is 29.5 Å². The van der Waals surface area contributed by atoms with Crippen LogP contribution >= 0.6 is 0 Å². The van der Waals surface area contributed by atoms with Gasteiger partial charge >= 0.3 is 0 Å². The third-order valence-corrected chi connectivity index (χ3v) is 3.72. The Morgan fingerprint density at radius 1 is 1.17 bits per heavy atom. The first-order valence-corrected chi connectivity index (χ1v) is 8.36. The van der Waals surface area contributed by atoms with Crippen LogP contribution in [0.3, 0.4) is 0 Å². The zero-order valence-corrected chi connectivity index (χ0v) is 15.7. The number of anilines is 1. The molecule has 0 heterocycles. The van der Waals surface area contributed by atoms with Crippen LogP contribution < -0.4 is 20.1 Å². The molecule has 0 aliphatic heterocycles. The van der Waals surface area contributed by atoms with Crippen molar-refractivity contribution in [3.63, 3.8) is 0 Å². The van der Waals surface area contributed by atoms with Crippen LogP contribution in [0.25, 0.3) is 0 Å². The van der Waals surface area contributed by atoms with Crippen molar-refractivity contribution in [2.24, 2.45) is 10.9 Å². The van der Waals surface area contributed by atoms with Gasteiger partial charge < -0.3 is 24.8 Å². The van der Waals surface area contributed by atoms with Gasteiger partial charge in [-0.15, -0.1) is 0 Å². The molecule has 0 aromatic heterocycles. The molecule has 0 spiro atoms. The van der Waals surface area contributed by atoms with Gasteiger partial charge in [0.05, 0.1) is 20.3 Å². The molecular weight excluding hydrogens is 306 g/mol. The van der Waals surface area contributed by atoms with Gasteiger partial charge in [-0.05, 0) is 31.4 Å². The number of aliphatic imine (C=N–C) groups is 1. The Morgan fingerprint density at radius 3 is 2.42 bits per heavy atom. The van der Waals surface area contributed by atoms with E-state index in [-0.39, 0.29) is 6.10 Å². The summed E-state index contributed by atoms with van der Waals surface area (Å²) in [6.45, 7) is 7.91. The van der Waals surface area contributed by atoms with E-state index in [9.17, 15) is 0 Å². The summed E-state index contributed by atoms with van der Waals surface area (Å²) in [6, 6.07) is 5.66. The summed E-state index contributed by atoms with van der Waals surface area (Å²) in [5.74, 6) is 2.57. The van der Waals surface area contributed by atoms with Crippen molar-refractivity contribution in [1.82, 2.24) is 5.32 Å². The molecule has 0 radical (unpaired) electrons. The number of hydrogen-bond donors (Lipinski definition) is 2. The van der Waals surface area contributed by atoms with Gasteiger partial charge in [-0.2, -0.15) is 0 Å². The quantitative estimate of drug-likeness (QED) is 0.535. The molecular formula is C18H31N3O3. The summed E-state index contributed by atoms with van der Waals surface area (Å²) in [6.07, 6.45) is 1.18. The van der Waals surface area contributed by atoms with E-state index in [0.717, 1.165) is 25.3 Å². The van der Waals surface area contributed by atoms with Crippen LogP contribution in [0.2, 0.25) is 0 Å². The summed E-state index contributed by atoms with van der Waals surface area (Å²) in [5.41, 5.74) is 0.881. The van der Waals surface area contributed by atoms with Crippen molar-refractivity contribution < 1.29 is 14.2 Å². The van der Waals surface area contributed by atoms with Gasteiger partial charge in [-0.25, -0.2) is 0 Å². The average molecular weight is 337 g/mol. The van der Waals surface area contributed by atoms with E-state index in [1.54, 1.807) is 21.3 Å². The van der Waals surface area contributed by atoms with Gasteiger partial charge in [0, 0.05) is 32.0 Å². The fraction of sp³-hybridized carbons (Fsp3) is 0.611. The second kappa shape index (κ2) is 10.8. The van der Waals surface area contributed by atoms with Gasteiger partial charge in [0.15, 0.2) is 17.5 Å². The van der Waals surface area contributed by atoms with Crippen molar-refractivity contribution in [3.8, 4) is 11.5 Å². The normalized spacial score (nSPS) is 12.9. The number of nitrogens with zero attached hydrogens (tertiary/aromatic N) is 1. The Balaban J connectivity index is 2.59. The maximum Gasteiger partial charge on any atom is 0.195 e. The van der Waals surface area contributed by atoms with Gasteiger partial charge in [-0.3, -0.25) is 4.99 Å². The predicted molar refractivity (Wildman–Crippen MR) is 99.4 cm³/mol. The first kappa shape index (κ1) is 20.1. The first-order chi connectivity index (χ1) is 11.5. The lowest BCUT2D eigenvalue weighted by Crippen LogP contribution is -2.34. The summed E-state index contributed by atoms with van der Waals surface area (Å²) in [4.78, 5) is 4.25. The Bertz CT molecular complexity index is 518. The van der Waals surface area contributed by atoms with E-state index >= 15 is 0 Å². The molecule has 2 N–H and O–H groups in total. The minimum absolute atomic E-state index is 0.252. The van der Waals surface area contributed by atoms with E-state index in [1.165, 1.54) is 0 Å². The average Bonchev–Trinajstić information content (AvgIpc) is 2.59. The van der Waals surface area contributed by atoms with E-state index < -0.39 is 0 Å². The van der Waals surface area contributed by atoms with Gasteiger partial charge in [0.2, 0.25) is 0 Å². The lowest BCUT2D eigenvalue weighted by Gasteiger charge is -2.21. The molecule has 1 aromatic carbocycles. The number of methoxy groups -OCH3 is 2. The fourth-order valence-electron chi connectivity index (χ4n) is 2.39. The standard InChI is InChI=1S/C18H31N3O3/c1-7-24-15(13(2)3)10-11-20-18(19-4)21-14-8-9-16(22-5)17(12-14)23-6/h8-9,12-13,15H,7,10-11H2,1-6H3,(H2,19,20,21). The largest absolute Gasteiger partial charge is 0.493 e. The van der Waals surface area contributed by atoms with Crippen LogP contribution in [0.4, 0.5) is 5.69 Å². The third kappa shape index (κ3) is 6.28. The molecule has 0 fully saturated rings. The lowest BCUT2D eigenvalue weighted by atomic mass is 10.0. The highest BCUT2D eigenvalue weighted by atomic mass is 16.5. The van der Waals surface area contributed by atoms with Crippen LogP contribution in [0, 0.1) is 5.92 Å². The van der Waals surface area contributed by atoms with E-state index in [1.807, 2.05) is 25.1 Å². The van der Waals surface area contributed by atoms with Crippen molar-refractivity contribution in [2.45, 2.75) is 33.3 Å². The van der Waals surface area contributed by atoms with Crippen LogP contribution in [-0.2, 0) is 4.74 Å². The molecule has 6 heteroatoms. The van der Waals surface area contributed by atoms with E-state index in [4.69, 9.17) is 14.2 Å². The smallest absolute Gasteiger partial charge is 0.195 e. The Labute approximate surface area is 145 Å².